The van der Waals surface area contributed by atoms with E-state index in [1.807, 2.05) is 4.90 Å². The van der Waals surface area contributed by atoms with Gasteiger partial charge >= 0.3 is 0 Å². The van der Waals surface area contributed by atoms with Gasteiger partial charge in [0.15, 0.2) is 11.5 Å². The number of benzene rings is 1. The minimum Gasteiger partial charge on any atom is -0.493 e. The van der Waals surface area contributed by atoms with Gasteiger partial charge in [-0.15, -0.1) is 0 Å². The van der Waals surface area contributed by atoms with E-state index < -0.39 is 0 Å². The molecule has 138 valence electrons. The molecule has 6 heteroatoms. The monoisotopic (exact) mass is 348 g/mol. The highest BCUT2D eigenvalue weighted by Gasteiger charge is 2.37. The molecule has 0 aromatic heterocycles. The standard InChI is InChI=1S/C19H28N2O4/c1-23-15-12-14(13-16(24-2)17(15)25-3)18(22)21-10-6-19(7-11-21)4-8-20-9-5-19/h12-13,20H,4-11H2,1-3H3. The van der Waals surface area contributed by atoms with Gasteiger partial charge < -0.3 is 24.4 Å². The molecular weight excluding hydrogens is 320 g/mol. The molecule has 0 atom stereocenters. The maximum absolute atomic E-state index is 13.0. The third-order valence-corrected chi connectivity index (χ3v) is 5.69. The molecule has 2 saturated heterocycles. The summed E-state index contributed by atoms with van der Waals surface area (Å²) in [4.78, 5) is 14.9. The molecule has 0 radical (unpaired) electrons. The largest absolute Gasteiger partial charge is 0.493 e. The molecule has 0 saturated carbocycles. The number of carbonyl (C=O) groups excluding carboxylic acids is 1. The Morgan fingerprint density at radius 1 is 0.960 bits per heavy atom. The Morgan fingerprint density at radius 2 is 1.52 bits per heavy atom. The van der Waals surface area contributed by atoms with E-state index in [9.17, 15) is 4.79 Å². The number of ether oxygens (including phenoxy) is 3. The van der Waals surface area contributed by atoms with E-state index in [2.05, 4.69) is 5.32 Å². The number of nitrogens with one attached hydrogen (secondary N) is 1. The first-order chi connectivity index (χ1) is 12.1. The van der Waals surface area contributed by atoms with Crippen molar-refractivity contribution in [1.29, 1.82) is 0 Å². The molecule has 1 spiro atoms. The lowest BCUT2D eigenvalue weighted by Gasteiger charge is -2.44. The number of likely N-dealkylation sites (tertiary alicyclic amines) is 1. The van der Waals surface area contributed by atoms with Crippen LogP contribution in [0.3, 0.4) is 0 Å². The van der Waals surface area contributed by atoms with Gasteiger partial charge in [-0.05, 0) is 56.3 Å². The SMILES string of the molecule is COc1cc(C(=O)N2CCC3(CCNCC3)CC2)cc(OC)c1OC. The lowest BCUT2D eigenvalue weighted by Crippen LogP contribution is -2.47. The van der Waals surface area contributed by atoms with Crippen LogP contribution in [0.15, 0.2) is 12.1 Å². The average molecular weight is 348 g/mol. The molecule has 1 amide bonds. The summed E-state index contributed by atoms with van der Waals surface area (Å²) in [5.74, 6) is 1.56. The second-order valence-electron chi connectivity index (χ2n) is 6.96. The zero-order valence-corrected chi connectivity index (χ0v) is 15.4. The maximum Gasteiger partial charge on any atom is 0.254 e. The first-order valence-electron chi connectivity index (χ1n) is 8.92. The average Bonchev–Trinajstić information content (AvgIpc) is 2.67. The van der Waals surface area contributed by atoms with Gasteiger partial charge in [-0.2, -0.15) is 0 Å². The molecule has 2 heterocycles. The summed E-state index contributed by atoms with van der Waals surface area (Å²) in [7, 11) is 4.69. The topological polar surface area (TPSA) is 60.0 Å². The molecule has 0 aliphatic carbocycles. The second kappa shape index (κ2) is 7.52. The number of nitrogens with zero attached hydrogens (tertiary/aromatic N) is 1. The molecule has 2 aliphatic rings. The minimum absolute atomic E-state index is 0.0306. The summed E-state index contributed by atoms with van der Waals surface area (Å²) in [6.07, 6.45) is 4.62. The van der Waals surface area contributed by atoms with E-state index in [-0.39, 0.29) is 5.91 Å². The third kappa shape index (κ3) is 3.54. The summed E-state index contributed by atoms with van der Waals surface area (Å²) >= 11 is 0. The molecule has 25 heavy (non-hydrogen) atoms. The van der Waals surface area contributed by atoms with Crippen LogP contribution in [0.25, 0.3) is 0 Å². The Balaban J connectivity index is 1.75. The van der Waals surface area contributed by atoms with Gasteiger partial charge in [0.1, 0.15) is 0 Å². The number of rotatable bonds is 4. The van der Waals surface area contributed by atoms with Gasteiger partial charge in [0.25, 0.3) is 5.91 Å². The van der Waals surface area contributed by atoms with Crippen molar-refractivity contribution in [3.63, 3.8) is 0 Å². The van der Waals surface area contributed by atoms with Crippen molar-refractivity contribution < 1.29 is 19.0 Å². The first kappa shape index (κ1) is 17.9. The molecule has 3 rings (SSSR count). The van der Waals surface area contributed by atoms with Crippen LogP contribution in [-0.4, -0.2) is 58.3 Å². The summed E-state index contributed by atoms with van der Waals surface area (Å²) < 4.78 is 16.1. The normalized spacial score (nSPS) is 19.6. The minimum atomic E-state index is 0.0306. The molecule has 2 aliphatic heterocycles. The Kier molecular flexibility index (Phi) is 5.37. The van der Waals surface area contributed by atoms with Gasteiger partial charge in [-0.3, -0.25) is 4.79 Å². The fourth-order valence-electron chi connectivity index (χ4n) is 4.03. The van der Waals surface area contributed by atoms with Crippen molar-refractivity contribution >= 4 is 5.91 Å². The van der Waals surface area contributed by atoms with Crippen LogP contribution in [0, 0.1) is 5.41 Å². The van der Waals surface area contributed by atoms with E-state index >= 15 is 0 Å². The number of carbonyl (C=O) groups is 1. The van der Waals surface area contributed by atoms with Crippen molar-refractivity contribution in [2.75, 3.05) is 47.5 Å². The van der Waals surface area contributed by atoms with E-state index in [4.69, 9.17) is 14.2 Å². The van der Waals surface area contributed by atoms with Crippen LogP contribution in [0.2, 0.25) is 0 Å². The van der Waals surface area contributed by atoms with E-state index in [0.29, 0.717) is 28.2 Å². The van der Waals surface area contributed by atoms with Gasteiger partial charge in [-0.25, -0.2) is 0 Å². The first-order valence-corrected chi connectivity index (χ1v) is 8.92. The van der Waals surface area contributed by atoms with Crippen LogP contribution in [0.4, 0.5) is 0 Å². The summed E-state index contributed by atoms with van der Waals surface area (Å²) in [6.45, 7) is 3.83. The lowest BCUT2D eigenvalue weighted by molar-refractivity contribution is 0.0495. The number of hydrogen-bond donors (Lipinski definition) is 1. The molecule has 1 aromatic rings. The Hall–Kier alpha value is -1.95. The Bertz CT molecular complexity index is 591. The maximum atomic E-state index is 13.0. The predicted molar refractivity (Wildman–Crippen MR) is 95.8 cm³/mol. The predicted octanol–water partition coefficient (Wildman–Crippen LogP) is 2.32. The highest BCUT2D eigenvalue weighted by atomic mass is 16.5. The molecule has 1 N–H and O–H groups in total. The van der Waals surface area contributed by atoms with Crippen molar-refractivity contribution in [3.05, 3.63) is 17.7 Å². The molecule has 0 bridgehead atoms. The smallest absolute Gasteiger partial charge is 0.254 e. The van der Waals surface area contributed by atoms with Crippen LogP contribution >= 0.6 is 0 Å². The number of hydrogen-bond acceptors (Lipinski definition) is 5. The molecular formula is C19H28N2O4. The van der Waals surface area contributed by atoms with E-state index in [0.717, 1.165) is 39.0 Å². The Morgan fingerprint density at radius 3 is 2.00 bits per heavy atom. The third-order valence-electron chi connectivity index (χ3n) is 5.69. The molecule has 6 nitrogen and oxygen atoms in total. The summed E-state index contributed by atoms with van der Waals surface area (Å²) in [6, 6.07) is 3.47. The second-order valence-corrected chi connectivity index (χ2v) is 6.96. The summed E-state index contributed by atoms with van der Waals surface area (Å²) in [5, 5.41) is 3.43. The number of amides is 1. The van der Waals surface area contributed by atoms with Gasteiger partial charge in [0.2, 0.25) is 5.75 Å². The van der Waals surface area contributed by atoms with Crippen molar-refractivity contribution in [3.8, 4) is 17.2 Å². The zero-order chi connectivity index (χ0) is 17.9. The van der Waals surface area contributed by atoms with Gasteiger partial charge in [0.05, 0.1) is 21.3 Å². The van der Waals surface area contributed by atoms with Crippen LogP contribution in [0.1, 0.15) is 36.0 Å². The van der Waals surface area contributed by atoms with Gasteiger partial charge in [0, 0.05) is 18.7 Å². The quantitative estimate of drug-likeness (QED) is 0.905. The van der Waals surface area contributed by atoms with Crippen molar-refractivity contribution in [1.82, 2.24) is 10.2 Å². The van der Waals surface area contributed by atoms with Crippen LogP contribution in [0.5, 0.6) is 17.2 Å². The molecule has 2 fully saturated rings. The van der Waals surface area contributed by atoms with Crippen LogP contribution in [-0.2, 0) is 0 Å². The number of piperidine rings is 2. The lowest BCUT2D eigenvalue weighted by atomic mass is 9.71. The summed E-state index contributed by atoms with van der Waals surface area (Å²) in [5.41, 5.74) is 1.01. The fraction of sp³-hybridized carbons (Fsp3) is 0.632. The van der Waals surface area contributed by atoms with Crippen LogP contribution < -0.4 is 19.5 Å². The highest BCUT2D eigenvalue weighted by Crippen LogP contribution is 2.41. The number of methoxy groups -OCH3 is 3. The fourth-order valence-corrected chi connectivity index (χ4v) is 4.03. The van der Waals surface area contributed by atoms with Crippen molar-refractivity contribution in [2.45, 2.75) is 25.7 Å². The Labute approximate surface area is 149 Å². The zero-order valence-electron chi connectivity index (χ0n) is 15.4. The van der Waals surface area contributed by atoms with Gasteiger partial charge in [-0.1, -0.05) is 0 Å². The van der Waals surface area contributed by atoms with E-state index in [1.165, 1.54) is 12.8 Å². The van der Waals surface area contributed by atoms with E-state index in [1.54, 1.807) is 33.5 Å². The highest BCUT2D eigenvalue weighted by molar-refractivity contribution is 5.95. The molecule has 1 aromatic carbocycles. The van der Waals surface area contributed by atoms with Crippen molar-refractivity contribution in [2.24, 2.45) is 5.41 Å². The molecule has 0 unspecified atom stereocenters.